The number of nitrogens with one attached hydrogen (secondary N) is 2. The fourth-order valence-corrected chi connectivity index (χ4v) is 5.16. The fraction of sp³-hybridized carbons (Fsp3) is 0.233. The Kier molecular flexibility index (Phi) is 5.96. The van der Waals surface area contributed by atoms with E-state index in [-0.39, 0.29) is 11.8 Å². The first-order chi connectivity index (χ1) is 18.4. The number of aryl methyl sites for hydroxylation is 1. The molecule has 0 spiro atoms. The minimum absolute atomic E-state index is 0.0330. The van der Waals surface area contributed by atoms with E-state index in [0.29, 0.717) is 35.9 Å². The molecule has 38 heavy (non-hydrogen) atoms. The van der Waals surface area contributed by atoms with Gasteiger partial charge in [-0.3, -0.25) is 9.59 Å². The summed E-state index contributed by atoms with van der Waals surface area (Å²) in [4.78, 5) is 38.3. The van der Waals surface area contributed by atoms with Crippen LogP contribution in [-0.2, 0) is 4.79 Å². The second-order valence-corrected chi connectivity index (χ2v) is 9.93. The van der Waals surface area contributed by atoms with Gasteiger partial charge in [0.1, 0.15) is 0 Å². The van der Waals surface area contributed by atoms with Crippen molar-refractivity contribution in [2.75, 3.05) is 38.5 Å². The first kappa shape index (κ1) is 23.9. The fourth-order valence-electron chi connectivity index (χ4n) is 5.16. The number of aromatic nitrogens is 2. The van der Waals surface area contributed by atoms with Crippen LogP contribution in [0.5, 0.6) is 0 Å². The van der Waals surface area contributed by atoms with E-state index in [1.165, 1.54) is 0 Å². The highest BCUT2D eigenvalue weighted by molar-refractivity contribution is 6.35. The Balaban J connectivity index is 1.32. The van der Waals surface area contributed by atoms with Crippen LogP contribution < -0.4 is 5.32 Å². The number of aromatic amines is 1. The largest absolute Gasteiger partial charge is 0.436 e. The van der Waals surface area contributed by atoms with Crippen molar-refractivity contribution in [1.82, 2.24) is 19.8 Å². The van der Waals surface area contributed by atoms with E-state index in [9.17, 15) is 9.59 Å². The number of hydrogen-bond donors (Lipinski definition) is 2. The van der Waals surface area contributed by atoms with Crippen LogP contribution in [0.1, 0.15) is 32.9 Å². The lowest BCUT2D eigenvalue weighted by Gasteiger charge is -2.32. The zero-order valence-corrected chi connectivity index (χ0v) is 21.7. The van der Waals surface area contributed by atoms with Gasteiger partial charge in [0, 0.05) is 59.9 Å². The zero-order valence-electron chi connectivity index (χ0n) is 21.7. The molecule has 8 nitrogen and oxygen atoms in total. The van der Waals surface area contributed by atoms with Crippen LogP contribution in [0.2, 0.25) is 0 Å². The molecule has 0 atom stereocenters. The maximum absolute atomic E-state index is 13.3. The van der Waals surface area contributed by atoms with Gasteiger partial charge in [-0.15, -0.1) is 0 Å². The molecule has 0 aliphatic carbocycles. The molecule has 2 aromatic heterocycles. The maximum atomic E-state index is 13.3. The summed E-state index contributed by atoms with van der Waals surface area (Å²) < 4.78 is 6.04. The van der Waals surface area contributed by atoms with E-state index in [4.69, 9.17) is 4.42 Å². The Bertz CT molecular complexity index is 1570. The Labute approximate surface area is 221 Å². The van der Waals surface area contributed by atoms with Crippen LogP contribution in [0.25, 0.3) is 34.4 Å². The molecule has 192 valence electrons. The van der Waals surface area contributed by atoms with E-state index >= 15 is 0 Å². The zero-order chi connectivity index (χ0) is 26.4. The van der Waals surface area contributed by atoms with Crippen LogP contribution in [0.3, 0.4) is 0 Å². The van der Waals surface area contributed by atoms with Crippen LogP contribution in [0.15, 0.2) is 59.1 Å². The third kappa shape index (κ3) is 4.22. The smallest absolute Gasteiger partial charge is 0.256 e. The number of oxazole rings is 1. The lowest BCUT2D eigenvalue weighted by Crippen LogP contribution is -2.47. The highest BCUT2D eigenvalue weighted by atomic mass is 16.4. The molecule has 4 aromatic rings. The number of nitrogens with zero attached hydrogens (tertiary/aromatic N) is 3. The molecule has 0 radical (unpaired) electrons. The maximum Gasteiger partial charge on any atom is 0.256 e. The average molecular weight is 508 g/mol. The summed E-state index contributed by atoms with van der Waals surface area (Å²) in [5.74, 6) is 1.01. The van der Waals surface area contributed by atoms with E-state index in [1.807, 2.05) is 73.4 Å². The summed E-state index contributed by atoms with van der Waals surface area (Å²) >= 11 is 0. The molecule has 2 amide bonds. The molecule has 0 unspecified atom stereocenters. The number of anilines is 1. The summed E-state index contributed by atoms with van der Waals surface area (Å²) in [7, 11) is 2.07. The number of likely N-dealkylation sites (N-methyl/N-ethyl adjacent to an activating group) is 1. The SMILES string of the molecule is Cc1[nH]c(/C=C2\C(=O)Nc3ccc(-c4ncc(-c5ccccc5)o4)cc32)c(C)c1C(=O)N1CCN(C)CC1. The van der Waals surface area contributed by atoms with Gasteiger partial charge >= 0.3 is 0 Å². The molecule has 4 heterocycles. The summed E-state index contributed by atoms with van der Waals surface area (Å²) in [6.07, 6.45) is 3.54. The molecule has 1 saturated heterocycles. The van der Waals surface area contributed by atoms with Crippen molar-refractivity contribution in [2.45, 2.75) is 13.8 Å². The van der Waals surface area contributed by atoms with Crippen LogP contribution >= 0.6 is 0 Å². The van der Waals surface area contributed by atoms with E-state index in [1.54, 1.807) is 6.20 Å². The Morgan fingerprint density at radius 3 is 2.55 bits per heavy atom. The number of benzene rings is 2. The third-order valence-corrected chi connectivity index (χ3v) is 7.38. The summed E-state index contributed by atoms with van der Waals surface area (Å²) in [5, 5.41) is 2.94. The highest BCUT2D eigenvalue weighted by Crippen LogP contribution is 2.37. The van der Waals surface area contributed by atoms with Crippen molar-refractivity contribution in [1.29, 1.82) is 0 Å². The van der Waals surface area contributed by atoms with Crippen molar-refractivity contribution < 1.29 is 14.0 Å². The number of hydrogen-bond acceptors (Lipinski definition) is 5. The second kappa shape index (κ2) is 9.46. The van der Waals surface area contributed by atoms with Gasteiger partial charge in [-0.25, -0.2) is 4.98 Å². The van der Waals surface area contributed by atoms with E-state index in [0.717, 1.165) is 52.4 Å². The summed E-state index contributed by atoms with van der Waals surface area (Å²) in [6, 6.07) is 15.5. The molecule has 2 aliphatic heterocycles. The molecule has 2 aliphatic rings. The predicted molar refractivity (Wildman–Crippen MR) is 148 cm³/mol. The first-order valence-electron chi connectivity index (χ1n) is 12.7. The predicted octanol–water partition coefficient (Wildman–Crippen LogP) is 4.83. The third-order valence-electron chi connectivity index (χ3n) is 7.38. The lowest BCUT2D eigenvalue weighted by molar-refractivity contribution is -0.110. The molecule has 0 saturated carbocycles. The van der Waals surface area contributed by atoms with Gasteiger partial charge in [0.25, 0.3) is 11.8 Å². The van der Waals surface area contributed by atoms with Gasteiger partial charge in [-0.05, 0) is 50.7 Å². The molecular formula is C30H29N5O3. The van der Waals surface area contributed by atoms with Crippen molar-refractivity contribution in [2.24, 2.45) is 0 Å². The van der Waals surface area contributed by atoms with Crippen LogP contribution in [0, 0.1) is 13.8 Å². The van der Waals surface area contributed by atoms with Gasteiger partial charge in [0.2, 0.25) is 5.89 Å². The molecule has 2 aromatic carbocycles. The Morgan fingerprint density at radius 2 is 1.79 bits per heavy atom. The van der Waals surface area contributed by atoms with E-state index < -0.39 is 0 Å². The second-order valence-electron chi connectivity index (χ2n) is 9.93. The first-order valence-corrected chi connectivity index (χ1v) is 12.7. The quantitative estimate of drug-likeness (QED) is 0.386. The molecule has 0 bridgehead atoms. The monoisotopic (exact) mass is 507 g/mol. The lowest BCUT2D eigenvalue weighted by atomic mass is 10.0. The molecule has 8 heteroatoms. The minimum Gasteiger partial charge on any atom is -0.436 e. The molecule has 1 fully saturated rings. The molecule has 2 N–H and O–H groups in total. The molecule has 6 rings (SSSR count). The van der Waals surface area contributed by atoms with Gasteiger partial charge in [0.15, 0.2) is 5.76 Å². The van der Waals surface area contributed by atoms with Crippen molar-refractivity contribution in [3.05, 3.63) is 82.8 Å². The van der Waals surface area contributed by atoms with Gasteiger partial charge in [-0.2, -0.15) is 0 Å². The number of H-pyrrole nitrogens is 1. The van der Waals surface area contributed by atoms with Crippen LogP contribution in [0.4, 0.5) is 5.69 Å². The topological polar surface area (TPSA) is 94.5 Å². The number of piperazine rings is 1. The highest BCUT2D eigenvalue weighted by Gasteiger charge is 2.28. The summed E-state index contributed by atoms with van der Waals surface area (Å²) in [5.41, 5.74) is 6.84. The van der Waals surface area contributed by atoms with Gasteiger partial charge in [-0.1, -0.05) is 30.3 Å². The number of carbonyl (C=O) groups excluding carboxylic acids is 2. The number of fused-ring (bicyclic) bond motifs is 1. The number of carbonyl (C=O) groups is 2. The normalized spacial score (nSPS) is 16.7. The van der Waals surface area contributed by atoms with Gasteiger partial charge in [0.05, 0.1) is 17.3 Å². The Morgan fingerprint density at radius 1 is 1.03 bits per heavy atom. The molecular weight excluding hydrogens is 478 g/mol. The standard InChI is InChI=1S/C30H29N5O3/c1-18-25(32-19(2)27(18)30(37)35-13-11-34(3)12-14-35)16-23-22-15-21(9-10-24(22)33-28(23)36)29-31-17-26(38-29)20-7-5-4-6-8-20/h4-10,15-17,32H,11-14H2,1-3H3,(H,33,36)/b23-16-. The van der Waals surface area contributed by atoms with Crippen LogP contribution in [-0.4, -0.2) is 64.8 Å². The summed E-state index contributed by atoms with van der Waals surface area (Å²) in [6.45, 7) is 6.99. The van der Waals surface area contributed by atoms with Crippen molar-refractivity contribution in [3.63, 3.8) is 0 Å². The minimum atomic E-state index is -0.187. The number of amides is 2. The number of rotatable bonds is 4. The van der Waals surface area contributed by atoms with Crippen molar-refractivity contribution >= 4 is 29.2 Å². The van der Waals surface area contributed by atoms with E-state index in [2.05, 4.69) is 27.2 Å². The average Bonchev–Trinajstić information content (AvgIpc) is 3.61. The van der Waals surface area contributed by atoms with Gasteiger partial charge < -0.3 is 24.5 Å². The van der Waals surface area contributed by atoms with Crippen molar-refractivity contribution in [3.8, 4) is 22.8 Å². The Hall–Kier alpha value is -4.43.